The number of benzene rings is 1. The van der Waals surface area contributed by atoms with E-state index < -0.39 is 12.2 Å². The standard InChI is InChI=1S/C15H20ClNO4/c1-4-21-14-11(9(3)18)5-12(16)8(2)13(14)10-6-17(7-10)15(19)20/h5,9-10,18H,4,6-7H2,1-3H3,(H,19,20). The van der Waals surface area contributed by atoms with E-state index >= 15 is 0 Å². The SMILES string of the molecule is CCOc1c(C(C)O)cc(Cl)c(C)c1C1CN(C(=O)O)C1. The van der Waals surface area contributed by atoms with Crippen LogP contribution >= 0.6 is 11.6 Å². The van der Waals surface area contributed by atoms with E-state index in [0.29, 0.717) is 36.0 Å². The van der Waals surface area contributed by atoms with Gasteiger partial charge in [-0.3, -0.25) is 0 Å². The molecule has 1 aliphatic heterocycles. The van der Waals surface area contributed by atoms with E-state index in [0.717, 1.165) is 11.1 Å². The molecule has 2 rings (SSSR count). The number of halogens is 1. The summed E-state index contributed by atoms with van der Waals surface area (Å²) in [6.45, 7) is 6.77. The minimum Gasteiger partial charge on any atom is -0.493 e. The Balaban J connectivity index is 2.45. The third-order valence-corrected chi connectivity index (χ3v) is 4.24. The van der Waals surface area contributed by atoms with Crippen molar-refractivity contribution in [3.05, 3.63) is 27.8 Å². The van der Waals surface area contributed by atoms with Crippen molar-refractivity contribution in [2.45, 2.75) is 32.8 Å². The largest absolute Gasteiger partial charge is 0.493 e. The zero-order chi connectivity index (χ0) is 15.7. The van der Waals surface area contributed by atoms with Crippen molar-refractivity contribution in [2.24, 2.45) is 0 Å². The van der Waals surface area contributed by atoms with Crippen LogP contribution in [0.4, 0.5) is 4.79 Å². The second-order valence-corrected chi connectivity index (χ2v) is 5.72. The van der Waals surface area contributed by atoms with Crippen molar-refractivity contribution in [2.75, 3.05) is 19.7 Å². The number of amides is 1. The molecule has 1 heterocycles. The average Bonchev–Trinajstić information content (AvgIpc) is 2.34. The van der Waals surface area contributed by atoms with Gasteiger partial charge in [0.15, 0.2) is 0 Å². The molecule has 6 heteroatoms. The lowest BCUT2D eigenvalue weighted by Crippen LogP contribution is -2.48. The van der Waals surface area contributed by atoms with Gasteiger partial charge >= 0.3 is 6.09 Å². The number of aliphatic hydroxyl groups excluding tert-OH is 1. The van der Waals surface area contributed by atoms with E-state index in [2.05, 4.69) is 0 Å². The summed E-state index contributed by atoms with van der Waals surface area (Å²) >= 11 is 6.26. The smallest absolute Gasteiger partial charge is 0.407 e. The van der Waals surface area contributed by atoms with Crippen molar-refractivity contribution >= 4 is 17.7 Å². The Labute approximate surface area is 129 Å². The first kappa shape index (κ1) is 15.9. The van der Waals surface area contributed by atoms with Crippen LogP contribution < -0.4 is 4.74 Å². The molecule has 0 aromatic heterocycles. The van der Waals surface area contributed by atoms with Crippen LogP contribution in [0.2, 0.25) is 5.02 Å². The van der Waals surface area contributed by atoms with Gasteiger partial charge in [-0.15, -0.1) is 0 Å². The molecule has 0 radical (unpaired) electrons. The summed E-state index contributed by atoms with van der Waals surface area (Å²) in [5.41, 5.74) is 2.45. The van der Waals surface area contributed by atoms with E-state index in [1.165, 1.54) is 4.90 Å². The molecule has 1 aromatic rings. The monoisotopic (exact) mass is 313 g/mol. The molecule has 1 amide bonds. The first-order valence-electron chi connectivity index (χ1n) is 6.98. The lowest BCUT2D eigenvalue weighted by atomic mass is 9.85. The van der Waals surface area contributed by atoms with Crippen LogP contribution in [0.5, 0.6) is 5.75 Å². The van der Waals surface area contributed by atoms with Crippen molar-refractivity contribution in [1.29, 1.82) is 0 Å². The first-order chi connectivity index (χ1) is 9.86. The number of nitrogens with zero attached hydrogens (tertiary/aromatic N) is 1. The third kappa shape index (κ3) is 2.94. The maximum absolute atomic E-state index is 10.9. The fourth-order valence-electron chi connectivity index (χ4n) is 2.69. The van der Waals surface area contributed by atoms with Crippen molar-refractivity contribution in [3.8, 4) is 5.75 Å². The molecule has 1 aliphatic rings. The summed E-state index contributed by atoms with van der Waals surface area (Å²) < 4.78 is 5.73. The highest BCUT2D eigenvalue weighted by molar-refractivity contribution is 6.31. The van der Waals surface area contributed by atoms with Crippen LogP contribution in [0.15, 0.2) is 6.07 Å². The number of carbonyl (C=O) groups is 1. The van der Waals surface area contributed by atoms with Gasteiger partial charge in [0.25, 0.3) is 0 Å². The minimum atomic E-state index is -0.917. The lowest BCUT2D eigenvalue weighted by Gasteiger charge is -2.39. The topological polar surface area (TPSA) is 70.0 Å². The van der Waals surface area contributed by atoms with Crippen LogP contribution in [-0.2, 0) is 0 Å². The van der Waals surface area contributed by atoms with E-state index in [4.69, 9.17) is 21.4 Å². The van der Waals surface area contributed by atoms with Gasteiger partial charge in [-0.25, -0.2) is 4.79 Å². The van der Waals surface area contributed by atoms with Gasteiger partial charge < -0.3 is 19.8 Å². The Morgan fingerprint density at radius 2 is 2.19 bits per heavy atom. The molecule has 1 aromatic carbocycles. The van der Waals surface area contributed by atoms with Gasteiger partial charge in [0.05, 0.1) is 12.7 Å². The molecular formula is C15H20ClNO4. The van der Waals surface area contributed by atoms with E-state index in [1.54, 1.807) is 13.0 Å². The van der Waals surface area contributed by atoms with E-state index in [9.17, 15) is 9.90 Å². The summed E-state index contributed by atoms with van der Waals surface area (Å²) in [5, 5.41) is 19.5. The molecule has 2 N–H and O–H groups in total. The van der Waals surface area contributed by atoms with Crippen LogP contribution in [0.3, 0.4) is 0 Å². The second kappa shape index (κ2) is 6.12. The van der Waals surface area contributed by atoms with Gasteiger partial charge in [-0.1, -0.05) is 11.6 Å². The molecule has 5 nitrogen and oxygen atoms in total. The zero-order valence-corrected chi connectivity index (χ0v) is 13.1. The second-order valence-electron chi connectivity index (χ2n) is 5.31. The number of carboxylic acid groups (broad SMARTS) is 1. The van der Waals surface area contributed by atoms with Gasteiger partial charge in [0, 0.05) is 35.2 Å². The summed E-state index contributed by atoms with van der Waals surface area (Å²) in [7, 11) is 0. The Bertz CT molecular complexity index is 553. The van der Waals surface area contributed by atoms with Gasteiger partial charge in [-0.2, -0.15) is 0 Å². The van der Waals surface area contributed by atoms with Gasteiger partial charge in [-0.05, 0) is 32.4 Å². The number of hydrogen-bond acceptors (Lipinski definition) is 3. The number of rotatable bonds is 4. The normalized spacial score (nSPS) is 16.5. The highest BCUT2D eigenvalue weighted by Gasteiger charge is 2.36. The summed E-state index contributed by atoms with van der Waals surface area (Å²) in [6.07, 6.45) is -1.61. The number of likely N-dealkylation sites (tertiary alicyclic amines) is 1. The van der Waals surface area contributed by atoms with Crippen molar-refractivity contribution in [3.63, 3.8) is 0 Å². The Hall–Kier alpha value is -1.46. The van der Waals surface area contributed by atoms with E-state index in [1.807, 2.05) is 13.8 Å². The molecule has 116 valence electrons. The van der Waals surface area contributed by atoms with E-state index in [-0.39, 0.29) is 5.92 Å². The minimum absolute atomic E-state index is 0.0545. The summed E-state index contributed by atoms with van der Waals surface area (Å²) in [6, 6.07) is 1.73. The highest BCUT2D eigenvalue weighted by Crippen LogP contribution is 2.43. The zero-order valence-electron chi connectivity index (χ0n) is 12.4. The van der Waals surface area contributed by atoms with Gasteiger partial charge in [0.1, 0.15) is 5.75 Å². The third-order valence-electron chi connectivity index (χ3n) is 3.85. The Morgan fingerprint density at radius 3 is 2.67 bits per heavy atom. The first-order valence-corrected chi connectivity index (χ1v) is 7.36. The Kier molecular flexibility index (Phi) is 4.64. The molecule has 0 spiro atoms. The maximum Gasteiger partial charge on any atom is 0.407 e. The molecule has 0 saturated carbocycles. The summed E-state index contributed by atoms with van der Waals surface area (Å²) in [5.74, 6) is 0.697. The number of ether oxygens (including phenoxy) is 1. The van der Waals surface area contributed by atoms with Crippen LogP contribution in [0, 0.1) is 6.92 Å². The fourth-order valence-corrected chi connectivity index (χ4v) is 2.91. The number of hydrogen-bond donors (Lipinski definition) is 2. The molecular weight excluding hydrogens is 294 g/mol. The van der Waals surface area contributed by atoms with Crippen LogP contribution in [-0.4, -0.2) is 40.9 Å². The van der Waals surface area contributed by atoms with Crippen molar-refractivity contribution < 1.29 is 19.7 Å². The summed E-state index contributed by atoms with van der Waals surface area (Å²) in [4.78, 5) is 12.3. The highest BCUT2D eigenvalue weighted by atomic mass is 35.5. The molecule has 21 heavy (non-hydrogen) atoms. The molecule has 0 aliphatic carbocycles. The fraction of sp³-hybridized carbons (Fsp3) is 0.533. The molecule has 1 fully saturated rings. The predicted octanol–water partition coefficient (Wildman–Crippen LogP) is 3.18. The predicted molar refractivity (Wildman–Crippen MR) is 80.3 cm³/mol. The number of aliphatic hydroxyl groups is 1. The lowest BCUT2D eigenvalue weighted by molar-refractivity contribution is 0.104. The van der Waals surface area contributed by atoms with Crippen molar-refractivity contribution in [1.82, 2.24) is 4.90 Å². The van der Waals surface area contributed by atoms with Gasteiger partial charge in [0.2, 0.25) is 0 Å². The quantitative estimate of drug-likeness (QED) is 0.895. The molecule has 1 saturated heterocycles. The Morgan fingerprint density at radius 1 is 1.57 bits per heavy atom. The van der Waals surface area contributed by atoms with Crippen LogP contribution in [0.25, 0.3) is 0 Å². The maximum atomic E-state index is 10.9. The molecule has 0 bridgehead atoms. The molecule has 1 atom stereocenters. The van der Waals surface area contributed by atoms with Crippen LogP contribution in [0.1, 0.15) is 42.6 Å². The average molecular weight is 314 g/mol. The molecule has 1 unspecified atom stereocenters.